The third kappa shape index (κ3) is 9.65. The Morgan fingerprint density at radius 1 is 1.12 bits per heavy atom. The van der Waals surface area contributed by atoms with Gasteiger partial charge in [0.15, 0.2) is 0 Å². The lowest BCUT2D eigenvalue weighted by atomic mass is 9.85. The molecule has 2 aliphatic heterocycles. The Bertz CT molecular complexity index is 2120. The molecule has 0 aliphatic carbocycles. The van der Waals surface area contributed by atoms with Crippen LogP contribution in [0, 0.1) is 5.92 Å². The van der Waals surface area contributed by atoms with Gasteiger partial charge in [0, 0.05) is 34.5 Å². The lowest BCUT2D eigenvalue weighted by Crippen LogP contribution is -2.48. The lowest BCUT2D eigenvalue weighted by molar-refractivity contribution is -0.175. The number of aromatic nitrogens is 2. The highest BCUT2D eigenvalue weighted by Crippen LogP contribution is 2.42. The van der Waals surface area contributed by atoms with Gasteiger partial charge in [0.05, 0.1) is 48.3 Å². The van der Waals surface area contributed by atoms with Crippen LogP contribution in [0.1, 0.15) is 56.4 Å². The van der Waals surface area contributed by atoms with E-state index in [1.54, 1.807) is 43.5 Å². The molecule has 19 nitrogen and oxygen atoms in total. The second-order valence-corrected chi connectivity index (χ2v) is 13.7. The Balaban J connectivity index is 1.26. The first-order valence-electron chi connectivity index (χ1n) is 18.7. The van der Waals surface area contributed by atoms with Crippen LogP contribution in [0.15, 0.2) is 34.2 Å². The molecule has 2 atom stereocenters. The highest BCUT2D eigenvalue weighted by atomic mass is 16.7. The molecule has 2 aromatic heterocycles. The number of nitrogens with zero attached hydrogens (tertiary/aromatic N) is 5. The largest absolute Gasteiger partial charge is 0.536 e. The normalized spacial score (nSPS) is 15.7. The number of aryl methyl sites for hydroxylation is 1. The number of carbonyl (C=O) groups excluding carboxylic acids is 4. The highest BCUT2D eigenvalue weighted by Gasteiger charge is 2.51. The first kappa shape index (κ1) is 42.5. The molecule has 0 spiro atoms. The smallest absolute Gasteiger partial charge is 0.519 e. The van der Waals surface area contributed by atoms with Gasteiger partial charge < -0.3 is 48.6 Å². The van der Waals surface area contributed by atoms with Crippen molar-refractivity contribution < 1.29 is 52.5 Å². The number of hydrogen-bond donors (Lipinski definition) is 3. The van der Waals surface area contributed by atoms with Crippen molar-refractivity contribution in [3.05, 3.63) is 67.3 Å². The van der Waals surface area contributed by atoms with Crippen molar-refractivity contribution in [3.8, 4) is 17.1 Å². The molecule has 5 rings (SSSR count). The van der Waals surface area contributed by atoms with Crippen molar-refractivity contribution >= 4 is 42.0 Å². The number of benzene rings is 1. The molecule has 304 valence electrons. The van der Waals surface area contributed by atoms with Gasteiger partial charge in [0.25, 0.3) is 5.56 Å². The van der Waals surface area contributed by atoms with Crippen LogP contribution in [-0.2, 0) is 63.2 Å². The van der Waals surface area contributed by atoms with Crippen LogP contribution in [-0.4, -0.2) is 97.8 Å². The fraction of sp³-hybridized carbons (Fsp3) is 0.514. The summed E-state index contributed by atoms with van der Waals surface area (Å²) < 4.78 is 34.1. The van der Waals surface area contributed by atoms with Gasteiger partial charge in [0.1, 0.15) is 32.2 Å². The molecule has 3 N–H and O–H groups in total. The maximum absolute atomic E-state index is 14.1. The molecule has 1 aromatic carbocycles. The van der Waals surface area contributed by atoms with Gasteiger partial charge in [-0.2, -0.15) is 0 Å². The molecule has 0 fully saturated rings. The van der Waals surface area contributed by atoms with Gasteiger partial charge in [-0.25, -0.2) is 14.6 Å². The second-order valence-electron chi connectivity index (χ2n) is 13.7. The van der Waals surface area contributed by atoms with Gasteiger partial charge in [-0.05, 0) is 60.9 Å². The maximum atomic E-state index is 14.1. The van der Waals surface area contributed by atoms with Crippen LogP contribution in [0.4, 0.5) is 4.79 Å². The van der Waals surface area contributed by atoms with Crippen LogP contribution in [0.5, 0.6) is 5.75 Å². The van der Waals surface area contributed by atoms with E-state index in [4.69, 9.17) is 38.9 Å². The second kappa shape index (κ2) is 19.0. The van der Waals surface area contributed by atoms with E-state index in [-0.39, 0.29) is 76.1 Å². The van der Waals surface area contributed by atoms with E-state index in [2.05, 4.69) is 20.7 Å². The summed E-state index contributed by atoms with van der Waals surface area (Å²) in [5, 5.41) is 19.2. The minimum atomic E-state index is -2.01. The molecular formula is C37H46BN7O12. The van der Waals surface area contributed by atoms with E-state index >= 15 is 0 Å². The lowest BCUT2D eigenvalue weighted by Gasteiger charge is -2.35. The number of azide groups is 1. The molecule has 0 saturated heterocycles. The number of rotatable bonds is 19. The number of cyclic esters (lactones) is 1. The quantitative estimate of drug-likeness (QED) is 0.0309. The molecule has 57 heavy (non-hydrogen) atoms. The number of carbonyl (C=O) groups is 4. The number of hydrogen-bond acceptors (Lipinski definition) is 14. The Labute approximate surface area is 328 Å². The van der Waals surface area contributed by atoms with Crippen molar-refractivity contribution in [2.45, 2.75) is 72.2 Å². The zero-order valence-electron chi connectivity index (χ0n) is 32.5. The number of pyridine rings is 2. The van der Waals surface area contributed by atoms with Crippen molar-refractivity contribution in [2.24, 2.45) is 11.0 Å². The Kier molecular flexibility index (Phi) is 14.1. The summed E-state index contributed by atoms with van der Waals surface area (Å²) in [6.07, 6.45) is -0.690. The highest BCUT2D eigenvalue weighted by molar-refractivity contribution is 6.41. The first-order valence-corrected chi connectivity index (χ1v) is 18.7. The van der Waals surface area contributed by atoms with Crippen LogP contribution in [0.3, 0.4) is 0 Å². The van der Waals surface area contributed by atoms with Crippen LogP contribution >= 0.6 is 0 Å². The zero-order valence-corrected chi connectivity index (χ0v) is 32.5. The molecular weight excluding hydrogens is 745 g/mol. The van der Waals surface area contributed by atoms with Crippen LogP contribution < -0.4 is 20.8 Å². The van der Waals surface area contributed by atoms with Gasteiger partial charge in [-0.1, -0.05) is 32.8 Å². The number of nitrogens with one attached hydrogen (secondary N) is 2. The van der Waals surface area contributed by atoms with Crippen molar-refractivity contribution in [3.63, 3.8) is 0 Å². The average Bonchev–Trinajstić information content (AvgIpc) is 3.54. The molecule has 3 aromatic rings. The summed E-state index contributed by atoms with van der Waals surface area (Å²) >= 11 is 0. The summed E-state index contributed by atoms with van der Waals surface area (Å²) in [5.74, 6) is -1.65. The molecule has 2 aliphatic rings. The molecule has 0 bridgehead atoms. The molecule has 0 radical (unpaired) electrons. The average molecular weight is 792 g/mol. The molecule has 4 heterocycles. The van der Waals surface area contributed by atoms with E-state index in [1.807, 2.05) is 13.0 Å². The van der Waals surface area contributed by atoms with Crippen molar-refractivity contribution in [2.75, 3.05) is 46.1 Å². The SMILES string of the molecule is CCc1c2c(nc3ccc(OB(C)O)cc13)-c1cc3c(c(=O)n1C2)COC(=O)C3(CC)OC(=O)OCC(NC(=O)COCC(=O)NCCOCCN=[N+]=[N-])C(C)C. The summed E-state index contributed by atoms with van der Waals surface area (Å²) in [6.45, 7) is 8.24. The topological polar surface area (TPSA) is 252 Å². The Morgan fingerprint density at radius 2 is 1.89 bits per heavy atom. The maximum Gasteiger partial charge on any atom is 0.519 e. The monoisotopic (exact) mass is 791 g/mol. The summed E-state index contributed by atoms with van der Waals surface area (Å²) in [6, 6.07) is 6.24. The van der Waals surface area contributed by atoms with Gasteiger partial charge in [0.2, 0.25) is 17.4 Å². The minimum absolute atomic E-state index is 0.0825. The molecule has 0 saturated carbocycles. The van der Waals surface area contributed by atoms with Crippen molar-refractivity contribution in [1.82, 2.24) is 20.2 Å². The molecule has 2 unspecified atom stereocenters. The van der Waals surface area contributed by atoms with E-state index in [0.29, 0.717) is 29.1 Å². The number of esters is 1. The van der Waals surface area contributed by atoms with Gasteiger partial charge in [-0.15, -0.1) is 0 Å². The van der Waals surface area contributed by atoms with Crippen molar-refractivity contribution in [1.29, 1.82) is 0 Å². The third-order valence-electron chi connectivity index (χ3n) is 9.63. The Morgan fingerprint density at radius 3 is 2.60 bits per heavy atom. The van der Waals surface area contributed by atoms with Crippen LogP contribution in [0.25, 0.3) is 32.7 Å². The molecule has 2 amide bonds. The number of amides is 2. The summed E-state index contributed by atoms with van der Waals surface area (Å²) in [5.41, 5.74) is 9.58. The number of ether oxygens (including phenoxy) is 5. The summed E-state index contributed by atoms with van der Waals surface area (Å²) in [4.78, 5) is 73.1. The number of fused-ring (bicyclic) bond motifs is 5. The zero-order chi connectivity index (χ0) is 41.3. The predicted molar refractivity (Wildman–Crippen MR) is 204 cm³/mol. The minimum Gasteiger partial charge on any atom is -0.536 e. The fourth-order valence-corrected chi connectivity index (χ4v) is 6.75. The van der Waals surface area contributed by atoms with Gasteiger partial charge in [-0.3, -0.25) is 14.4 Å². The predicted octanol–water partition coefficient (Wildman–Crippen LogP) is 2.89. The molecule has 20 heteroatoms. The fourth-order valence-electron chi connectivity index (χ4n) is 6.75. The van der Waals surface area contributed by atoms with E-state index in [9.17, 15) is 29.0 Å². The third-order valence-corrected chi connectivity index (χ3v) is 9.63. The van der Waals surface area contributed by atoms with E-state index in [0.717, 1.165) is 16.5 Å². The van der Waals surface area contributed by atoms with E-state index < -0.39 is 54.9 Å². The Hall–Kier alpha value is -5.69. The van der Waals surface area contributed by atoms with E-state index in [1.165, 1.54) is 6.82 Å². The van der Waals surface area contributed by atoms with Gasteiger partial charge >= 0.3 is 19.2 Å². The standard InChI is InChI=1S/C37H46BN7O12/c1-6-23-24-14-22(57-38(5)51)8-9-28(24)43-33-25(23)16-45-30(33)15-27-26(34(45)48)17-54-35(49)37(27,7-2)56-36(50)55-18-29(21(3)4)42-32(47)20-53-19-31(46)40-10-12-52-13-11-41-44-39/h8-9,14-15,21,29,51H,6-7,10-13,16-20H2,1-5H3,(H,40,46)(H,42,47). The summed E-state index contributed by atoms with van der Waals surface area (Å²) in [7, 11) is -1.01. The first-order chi connectivity index (χ1) is 27.3. The van der Waals surface area contributed by atoms with Crippen LogP contribution in [0.2, 0.25) is 6.82 Å².